The summed E-state index contributed by atoms with van der Waals surface area (Å²) in [5.41, 5.74) is 0.615. The number of halogens is 3. The smallest absolute Gasteiger partial charge is 0.288 e. The van der Waals surface area contributed by atoms with E-state index in [2.05, 4.69) is 10.3 Å². The number of nitrogens with zero attached hydrogens (tertiary/aromatic N) is 2. The second-order valence-corrected chi connectivity index (χ2v) is 9.99. The zero-order valence-corrected chi connectivity index (χ0v) is 19.2. The lowest BCUT2D eigenvalue weighted by molar-refractivity contribution is -0.129. The summed E-state index contributed by atoms with van der Waals surface area (Å²) in [6.07, 6.45) is 3.66. The molecule has 0 aromatic heterocycles. The van der Waals surface area contributed by atoms with Crippen molar-refractivity contribution < 1.29 is 22.8 Å². The van der Waals surface area contributed by atoms with E-state index < -0.39 is 22.7 Å². The summed E-state index contributed by atoms with van der Waals surface area (Å²) < 4.78 is 39.0. The molecule has 1 aliphatic carbocycles. The number of rotatable bonds is 7. The normalized spacial score (nSPS) is 20.2. The molecule has 4 rings (SSSR count). The van der Waals surface area contributed by atoms with Gasteiger partial charge in [-0.1, -0.05) is 48.5 Å². The monoisotopic (exact) mass is 493 g/mol. The number of para-hydroxylation sites is 1. The summed E-state index contributed by atoms with van der Waals surface area (Å²) in [7, 11) is 0. The highest BCUT2D eigenvalue weighted by Crippen LogP contribution is 2.37. The average molecular weight is 494 g/mol. The molecular weight excluding hydrogens is 471 g/mol. The Kier molecular flexibility index (Phi) is 7.64. The van der Waals surface area contributed by atoms with Crippen LogP contribution in [0.3, 0.4) is 0 Å². The van der Waals surface area contributed by atoms with Gasteiger partial charge in [0.15, 0.2) is 5.17 Å². The Morgan fingerprint density at radius 1 is 1.15 bits per heavy atom. The van der Waals surface area contributed by atoms with Crippen LogP contribution in [0.4, 0.5) is 24.5 Å². The first kappa shape index (κ1) is 23.7. The fourth-order valence-electron chi connectivity index (χ4n) is 3.94. The third-order valence-electron chi connectivity index (χ3n) is 5.46. The van der Waals surface area contributed by atoms with E-state index in [1.165, 1.54) is 30.0 Å². The Labute approximate surface area is 198 Å². The molecule has 5 nitrogen and oxygen atoms in total. The second kappa shape index (κ2) is 10.6. The van der Waals surface area contributed by atoms with Crippen molar-refractivity contribution in [1.82, 2.24) is 4.90 Å². The fourth-order valence-corrected chi connectivity index (χ4v) is 5.65. The fraction of sp³-hybridized carbons (Fsp3) is 0.348. The number of nitrogens with one attached hydrogen (secondary N) is 1. The second-order valence-electron chi connectivity index (χ2n) is 7.75. The Balaban J connectivity index is 1.51. The molecule has 33 heavy (non-hydrogen) atoms. The molecule has 1 saturated carbocycles. The van der Waals surface area contributed by atoms with E-state index in [1.54, 1.807) is 35.2 Å². The first-order valence-electron chi connectivity index (χ1n) is 10.6. The number of carbonyl (C=O) groups excluding carboxylic acids is 2. The van der Waals surface area contributed by atoms with Gasteiger partial charge >= 0.3 is 0 Å². The van der Waals surface area contributed by atoms with E-state index in [0.29, 0.717) is 27.5 Å². The molecule has 0 bridgehead atoms. The molecule has 1 aliphatic heterocycles. The summed E-state index contributed by atoms with van der Waals surface area (Å²) >= 11 is 1.67. The highest BCUT2D eigenvalue weighted by Gasteiger charge is 2.43. The summed E-state index contributed by atoms with van der Waals surface area (Å²) in [5.74, 6) is -3.68. The van der Waals surface area contributed by atoms with E-state index in [1.807, 2.05) is 0 Å². The first-order chi connectivity index (χ1) is 15.9. The maximum atomic E-state index is 13.9. The van der Waals surface area contributed by atoms with E-state index in [0.717, 1.165) is 25.7 Å². The third-order valence-corrected chi connectivity index (χ3v) is 7.34. The van der Waals surface area contributed by atoms with Crippen LogP contribution in [0.25, 0.3) is 0 Å². The van der Waals surface area contributed by atoms with Gasteiger partial charge < -0.3 is 5.32 Å². The minimum atomic E-state index is -2.50. The van der Waals surface area contributed by atoms with Crippen LogP contribution in [-0.4, -0.2) is 38.9 Å². The Hall–Kier alpha value is -2.46. The van der Waals surface area contributed by atoms with Gasteiger partial charge in [-0.25, -0.2) is 9.38 Å². The van der Waals surface area contributed by atoms with Crippen LogP contribution >= 0.6 is 23.5 Å². The zero-order valence-electron chi connectivity index (χ0n) is 17.5. The van der Waals surface area contributed by atoms with Crippen molar-refractivity contribution in [3.63, 3.8) is 0 Å². The van der Waals surface area contributed by atoms with Gasteiger partial charge in [0.2, 0.25) is 11.8 Å². The molecule has 2 fully saturated rings. The number of amidine groups is 1. The summed E-state index contributed by atoms with van der Waals surface area (Å²) in [4.78, 5) is 32.4. The number of hydrogen-bond acceptors (Lipinski definition) is 5. The average Bonchev–Trinajstić information content (AvgIpc) is 3.39. The quantitative estimate of drug-likeness (QED) is 0.478. The number of aliphatic imine (C=N–C) groups is 1. The highest BCUT2D eigenvalue weighted by atomic mass is 32.2. The van der Waals surface area contributed by atoms with Crippen molar-refractivity contribution in [3.8, 4) is 0 Å². The predicted molar refractivity (Wildman–Crippen MR) is 126 cm³/mol. The minimum Gasteiger partial charge on any atom is -0.324 e. The molecule has 1 atom stereocenters. The van der Waals surface area contributed by atoms with E-state index in [4.69, 9.17) is 0 Å². The van der Waals surface area contributed by atoms with Gasteiger partial charge in [-0.3, -0.25) is 14.5 Å². The molecule has 2 aromatic carbocycles. The van der Waals surface area contributed by atoms with Crippen molar-refractivity contribution in [2.75, 3.05) is 5.32 Å². The van der Waals surface area contributed by atoms with Crippen molar-refractivity contribution in [1.29, 1.82) is 0 Å². The van der Waals surface area contributed by atoms with Gasteiger partial charge in [0, 0.05) is 17.4 Å². The van der Waals surface area contributed by atoms with Crippen molar-refractivity contribution >= 4 is 51.9 Å². The number of carbonyl (C=O) groups is 2. The maximum Gasteiger partial charge on any atom is 0.288 e. The van der Waals surface area contributed by atoms with Gasteiger partial charge in [0.05, 0.1) is 11.4 Å². The predicted octanol–water partition coefficient (Wildman–Crippen LogP) is 6.04. The molecular formula is C23H22F3N3O2S2. The first-order valence-corrected chi connectivity index (χ1v) is 12.3. The number of amides is 2. The van der Waals surface area contributed by atoms with Gasteiger partial charge in [-0.2, -0.15) is 8.78 Å². The molecule has 1 N–H and O–H groups in total. The van der Waals surface area contributed by atoms with Crippen LogP contribution in [0.1, 0.15) is 32.1 Å². The van der Waals surface area contributed by atoms with E-state index in [-0.39, 0.29) is 24.1 Å². The minimum absolute atomic E-state index is 0.0250. The molecule has 10 heteroatoms. The molecule has 2 aliphatic rings. The number of benzene rings is 2. The largest absolute Gasteiger partial charge is 0.324 e. The van der Waals surface area contributed by atoms with Crippen LogP contribution in [0.5, 0.6) is 0 Å². The zero-order chi connectivity index (χ0) is 23.4. The lowest BCUT2D eigenvalue weighted by Crippen LogP contribution is -2.40. The van der Waals surface area contributed by atoms with Crippen LogP contribution < -0.4 is 5.32 Å². The van der Waals surface area contributed by atoms with Gasteiger partial charge in [-0.15, -0.1) is 0 Å². The maximum absolute atomic E-state index is 13.9. The lowest BCUT2D eigenvalue weighted by atomic mass is 10.2. The van der Waals surface area contributed by atoms with Crippen molar-refractivity contribution in [3.05, 3.63) is 54.3 Å². The van der Waals surface area contributed by atoms with Gasteiger partial charge in [0.25, 0.3) is 5.76 Å². The Morgan fingerprint density at radius 3 is 2.52 bits per heavy atom. The van der Waals surface area contributed by atoms with Crippen molar-refractivity contribution in [2.24, 2.45) is 4.99 Å². The van der Waals surface area contributed by atoms with E-state index >= 15 is 0 Å². The molecule has 174 valence electrons. The highest BCUT2D eigenvalue weighted by molar-refractivity contribution is 8.15. The lowest BCUT2D eigenvalue weighted by Gasteiger charge is -2.23. The third kappa shape index (κ3) is 5.92. The Bertz CT molecular complexity index is 1040. The van der Waals surface area contributed by atoms with Crippen LogP contribution in [-0.2, 0) is 9.59 Å². The van der Waals surface area contributed by atoms with Crippen LogP contribution in [0.15, 0.2) is 58.4 Å². The van der Waals surface area contributed by atoms with Crippen LogP contribution in [0, 0.1) is 5.82 Å². The number of thioether (sulfide) groups is 2. The molecule has 0 spiro atoms. The molecule has 0 unspecified atom stereocenters. The van der Waals surface area contributed by atoms with Gasteiger partial charge in [-0.05, 0) is 49.2 Å². The molecule has 0 radical (unpaired) electrons. The van der Waals surface area contributed by atoms with E-state index in [9.17, 15) is 22.8 Å². The number of anilines is 1. The molecule has 1 heterocycles. The standard InChI is InChI=1S/C23H22F3N3O2S2/c24-17-7-3-4-8-18(17)28-20(30)13-19-21(31)29(15-5-1-2-6-15)23(33-19)27-14-9-11-16(12-10-14)32-22(25)26/h3-4,7-12,15,19,22H,1-2,5-6,13H2,(H,28,30)/t19-/m0/s1. The summed E-state index contributed by atoms with van der Waals surface area (Å²) in [6.45, 7) is 0. The summed E-state index contributed by atoms with van der Waals surface area (Å²) in [6, 6.07) is 12.3. The topological polar surface area (TPSA) is 61.8 Å². The Morgan fingerprint density at radius 2 is 1.85 bits per heavy atom. The SMILES string of the molecule is O=C(C[C@@H]1SC(=Nc2ccc(SC(F)F)cc2)N(C2CCCC2)C1=O)Nc1ccccc1F. The molecule has 2 aromatic rings. The summed E-state index contributed by atoms with van der Waals surface area (Å²) in [5, 5.41) is 2.37. The van der Waals surface area contributed by atoms with Crippen molar-refractivity contribution in [2.45, 2.75) is 54.0 Å². The number of hydrogen-bond donors (Lipinski definition) is 1. The van der Waals surface area contributed by atoms with Crippen LogP contribution in [0.2, 0.25) is 0 Å². The molecule has 1 saturated heterocycles. The number of alkyl halides is 2. The molecule has 2 amide bonds. The van der Waals surface area contributed by atoms with Gasteiger partial charge in [0.1, 0.15) is 11.1 Å².